The van der Waals surface area contributed by atoms with Crippen molar-refractivity contribution in [3.8, 4) is 10.4 Å². The summed E-state index contributed by atoms with van der Waals surface area (Å²) < 4.78 is 6.22. The summed E-state index contributed by atoms with van der Waals surface area (Å²) in [5, 5.41) is 17.0. The predicted octanol–water partition coefficient (Wildman–Crippen LogP) is 3.76. The highest BCUT2D eigenvalue weighted by Crippen LogP contribution is 2.27. The number of carboxylic acid groups (broad SMARTS) is 1. The molecule has 1 aromatic carbocycles. The molecule has 2 aromatic rings. The van der Waals surface area contributed by atoms with E-state index < -0.39 is 12.1 Å². The molecule has 0 saturated carbocycles. The van der Waals surface area contributed by atoms with Crippen molar-refractivity contribution in [2.24, 2.45) is 0 Å². The first-order valence-corrected chi connectivity index (χ1v) is 11.8. The average Bonchev–Trinajstić information content (AvgIpc) is 3.26. The first-order chi connectivity index (χ1) is 15.4. The maximum absolute atomic E-state index is 11.9. The van der Waals surface area contributed by atoms with E-state index in [0.717, 1.165) is 28.3 Å². The molecule has 0 fully saturated rings. The van der Waals surface area contributed by atoms with Crippen molar-refractivity contribution < 1.29 is 19.4 Å². The lowest BCUT2D eigenvalue weighted by molar-refractivity contribution is -0.133. The number of nitrogens with zero attached hydrogens (tertiary/aromatic N) is 1. The van der Waals surface area contributed by atoms with Gasteiger partial charge in [0.05, 0.1) is 23.1 Å². The Morgan fingerprint density at radius 1 is 1.25 bits per heavy atom. The molecule has 3 atom stereocenters. The maximum atomic E-state index is 11.9. The summed E-state index contributed by atoms with van der Waals surface area (Å²) in [5.41, 5.74) is 1.41. The fraction of sp³-hybridized carbons (Fsp3) is 0.458. The van der Waals surface area contributed by atoms with Gasteiger partial charge < -0.3 is 20.5 Å². The van der Waals surface area contributed by atoms with E-state index in [9.17, 15) is 14.7 Å². The van der Waals surface area contributed by atoms with E-state index >= 15 is 0 Å². The standard InChI is InChI=1S/C24H31N3O4S/c1-4-18(5-2)31-20-12-17(24(29)30)11-19(23(20)27-15(3)28)25-14-22-26-13-21(32-22)16-9-7-6-8-10-16/h6-10,12-13,18-20,23,25H,4-5,11,14H2,1-3H3,(H,27,28)(H,29,30)/t19-,20+,23+/m0/s1. The highest BCUT2D eigenvalue weighted by molar-refractivity contribution is 7.15. The minimum Gasteiger partial charge on any atom is -0.478 e. The zero-order chi connectivity index (χ0) is 23.1. The van der Waals surface area contributed by atoms with Crippen LogP contribution >= 0.6 is 11.3 Å². The van der Waals surface area contributed by atoms with Gasteiger partial charge in [-0.3, -0.25) is 4.79 Å². The van der Waals surface area contributed by atoms with Crippen molar-refractivity contribution >= 4 is 23.2 Å². The molecule has 0 saturated heterocycles. The molecular formula is C24H31N3O4S. The molecule has 1 aliphatic rings. The number of aromatic nitrogens is 1. The van der Waals surface area contributed by atoms with Crippen LogP contribution in [0.15, 0.2) is 48.2 Å². The predicted molar refractivity (Wildman–Crippen MR) is 125 cm³/mol. The number of carbonyl (C=O) groups excluding carboxylic acids is 1. The van der Waals surface area contributed by atoms with Gasteiger partial charge in [0.1, 0.15) is 5.01 Å². The molecule has 1 aromatic heterocycles. The number of hydrogen-bond acceptors (Lipinski definition) is 6. The monoisotopic (exact) mass is 457 g/mol. The van der Waals surface area contributed by atoms with E-state index in [2.05, 4.69) is 15.6 Å². The molecule has 172 valence electrons. The summed E-state index contributed by atoms with van der Waals surface area (Å²) in [6, 6.07) is 9.39. The zero-order valence-electron chi connectivity index (χ0n) is 18.7. The second-order valence-electron chi connectivity index (χ2n) is 7.94. The summed E-state index contributed by atoms with van der Waals surface area (Å²) >= 11 is 1.59. The van der Waals surface area contributed by atoms with Crippen molar-refractivity contribution in [2.45, 2.75) is 70.9 Å². The summed E-state index contributed by atoms with van der Waals surface area (Å²) in [6.45, 7) is 6.01. The van der Waals surface area contributed by atoms with Crippen LogP contribution in [-0.2, 0) is 20.9 Å². The Morgan fingerprint density at radius 2 is 1.97 bits per heavy atom. The molecule has 8 heteroatoms. The van der Waals surface area contributed by atoms with Gasteiger partial charge in [0.25, 0.3) is 0 Å². The van der Waals surface area contributed by atoms with Gasteiger partial charge in [-0.15, -0.1) is 11.3 Å². The molecule has 0 radical (unpaired) electrons. The fourth-order valence-corrected chi connectivity index (χ4v) is 4.79. The normalized spacial score (nSPS) is 20.8. The lowest BCUT2D eigenvalue weighted by Crippen LogP contribution is -2.58. The number of rotatable bonds is 10. The highest BCUT2D eigenvalue weighted by atomic mass is 32.1. The molecule has 32 heavy (non-hydrogen) atoms. The molecule has 3 N–H and O–H groups in total. The number of hydrogen-bond donors (Lipinski definition) is 3. The molecule has 7 nitrogen and oxygen atoms in total. The van der Waals surface area contributed by atoms with Gasteiger partial charge in [-0.1, -0.05) is 44.2 Å². The van der Waals surface area contributed by atoms with Gasteiger partial charge in [0.15, 0.2) is 0 Å². The van der Waals surface area contributed by atoms with Crippen LogP contribution in [0.5, 0.6) is 0 Å². The van der Waals surface area contributed by atoms with Crippen LogP contribution in [0, 0.1) is 0 Å². The highest BCUT2D eigenvalue weighted by Gasteiger charge is 2.37. The van der Waals surface area contributed by atoms with E-state index in [1.54, 1.807) is 17.4 Å². The number of amides is 1. The van der Waals surface area contributed by atoms with Gasteiger partial charge in [0.2, 0.25) is 5.91 Å². The smallest absolute Gasteiger partial charge is 0.331 e. The lowest BCUT2D eigenvalue weighted by atomic mass is 9.87. The van der Waals surface area contributed by atoms with E-state index in [1.807, 2.05) is 50.4 Å². The fourth-order valence-electron chi connectivity index (χ4n) is 3.91. The average molecular weight is 458 g/mol. The van der Waals surface area contributed by atoms with Crippen LogP contribution in [0.25, 0.3) is 10.4 Å². The topological polar surface area (TPSA) is 101 Å². The Labute approximate surface area is 192 Å². The quantitative estimate of drug-likeness (QED) is 0.502. The Kier molecular flexibility index (Phi) is 8.55. The molecule has 0 unspecified atom stereocenters. The Hall–Kier alpha value is -2.55. The van der Waals surface area contributed by atoms with Crippen LogP contribution in [0.3, 0.4) is 0 Å². The third-order valence-corrected chi connectivity index (χ3v) is 6.67. The van der Waals surface area contributed by atoms with Gasteiger partial charge in [-0.2, -0.15) is 0 Å². The van der Waals surface area contributed by atoms with Crippen LogP contribution in [0.2, 0.25) is 0 Å². The number of nitrogens with one attached hydrogen (secondary N) is 2. The van der Waals surface area contributed by atoms with Crippen molar-refractivity contribution in [3.05, 3.63) is 53.2 Å². The first-order valence-electron chi connectivity index (χ1n) is 11.0. The Morgan fingerprint density at radius 3 is 2.59 bits per heavy atom. The van der Waals surface area contributed by atoms with E-state index in [4.69, 9.17) is 4.74 Å². The van der Waals surface area contributed by atoms with Crippen molar-refractivity contribution in [3.63, 3.8) is 0 Å². The van der Waals surface area contributed by atoms with Crippen molar-refractivity contribution in [2.75, 3.05) is 0 Å². The summed E-state index contributed by atoms with van der Waals surface area (Å²) in [7, 11) is 0. The summed E-state index contributed by atoms with van der Waals surface area (Å²) in [6.07, 6.45) is 4.90. The molecule has 1 amide bonds. The maximum Gasteiger partial charge on any atom is 0.331 e. The number of aliphatic carboxylic acids is 1. The van der Waals surface area contributed by atoms with Crippen LogP contribution in [-0.4, -0.2) is 46.3 Å². The number of benzene rings is 1. The van der Waals surface area contributed by atoms with E-state index in [-0.39, 0.29) is 24.1 Å². The summed E-state index contributed by atoms with van der Waals surface area (Å²) in [4.78, 5) is 29.3. The van der Waals surface area contributed by atoms with Gasteiger partial charge in [-0.05, 0) is 30.9 Å². The Bertz CT molecular complexity index is 940. The minimum absolute atomic E-state index is 0.00584. The van der Waals surface area contributed by atoms with Crippen LogP contribution in [0.4, 0.5) is 0 Å². The molecule has 0 bridgehead atoms. The van der Waals surface area contributed by atoms with Crippen LogP contribution < -0.4 is 10.6 Å². The largest absolute Gasteiger partial charge is 0.478 e. The van der Waals surface area contributed by atoms with Crippen molar-refractivity contribution in [1.82, 2.24) is 15.6 Å². The molecule has 0 spiro atoms. The first kappa shape index (κ1) is 24.1. The summed E-state index contributed by atoms with van der Waals surface area (Å²) in [5.74, 6) is -1.13. The third-order valence-electron chi connectivity index (χ3n) is 5.62. The zero-order valence-corrected chi connectivity index (χ0v) is 19.5. The number of ether oxygens (including phenoxy) is 1. The van der Waals surface area contributed by atoms with Crippen molar-refractivity contribution in [1.29, 1.82) is 0 Å². The SMILES string of the molecule is CCC(CC)O[C@@H]1C=C(C(=O)O)C[C@H](NCc2ncc(-c3ccccc3)s2)[C@H]1NC(C)=O. The second-order valence-corrected chi connectivity index (χ2v) is 9.05. The van der Waals surface area contributed by atoms with Crippen LogP contribution in [0.1, 0.15) is 45.0 Å². The van der Waals surface area contributed by atoms with E-state index in [0.29, 0.717) is 18.5 Å². The number of carboxylic acids is 1. The Balaban J connectivity index is 1.78. The molecular weight excluding hydrogens is 426 g/mol. The third kappa shape index (κ3) is 6.25. The van der Waals surface area contributed by atoms with Gasteiger partial charge in [0, 0.05) is 31.3 Å². The molecule has 1 heterocycles. The molecule has 0 aliphatic heterocycles. The molecule has 1 aliphatic carbocycles. The van der Waals surface area contributed by atoms with E-state index in [1.165, 1.54) is 6.92 Å². The number of thiazole rings is 1. The minimum atomic E-state index is -0.961. The van der Waals surface area contributed by atoms with Gasteiger partial charge >= 0.3 is 5.97 Å². The number of carbonyl (C=O) groups is 2. The lowest BCUT2D eigenvalue weighted by Gasteiger charge is -2.38. The molecule has 3 rings (SSSR count). The second kappa shape index (κ2) is 11.4. The van der Waals surface area contributed by atoms with Gasteiger partial charge in [-0.25, -0.2) is 9.78 Å².